The summed E-state index contributed by atoms with van der Waals surface area (Å²) >= 11 is 0. The van der Waals surface area contributed by atoms with Crippen molar-refractivity contribution in [3.8, 4) is 11.5 Å². The zero-order chi connectivity index (χ0) is 16.1. The molecule has 2 unspecified atom stereocenters. The van der Waals surface area contributed by atoms with Gasteiger partial charge in [-0.1, -0.05) is 25.1 Å². The Labute approximate surface area is 134 Å². The largest absolute Gasteiger partial charge is 0.488 e. The molecule has 0 saturated carbocycles. The summed E-state index contributed by atoms with van der Waals surface area (Å²) in [5.74, 6) is 0.159. The van der Waals surface area contributed by atoms with E-state index in [2.05, 4.69) is 0 Å². The number of ether oxygens (including phenoxy) is 4. The topological polar surface area (TPSA) is 36.9 Å². The SMILES string of the molecule is CCC1(COc2ccccc2)OCC(Oc2ccc(F)cc2)O1. The second-order valence-electron chi connectivity index (χ2n) is 5.30. The van der Waals surface area contributed by atoms with Crippen molar-refractivity contribution in [2.45, 2.75) is 25.4 Å². The van der Waals surface area contributed by atoms with Gasteiger partial charge in [0, 0.05) is 6.42 Å². The van der Waals surface area contributed by atoms with Crippen LogP contribution in [0.3, 0.4) is 0 Å². The smallest absolute Gasteiger partial charge is 0.226 e. The summed E-state index contributed by atoms with van der Waals surface area (Å²) in [6, 6.07) is 15.3. The molecule has 0 aliphatic carbocycles. The highest BCUT2D eigenvalue weighted by molar-refractivity contribution is 5.22. The van der Waals surface area contributed by atoms with E-state index in [1.807, 2.05) is 37.3 Å². The van der Waals surface area contributed by atoms with E-state index in [-0.39, 0.29) is 12.4 Å². The van der Waals surface area contributed by atoms with Crippen LogP contribution >= 0.6 is 0 Å². The lowest BCUT2D eigenvalue weighted by Gasteiger charge is -2.26. The molecule has 0 N–H and O–H groups in total. The number of hydrogen-bond donors (Lipinski definition) is 0. The summed E-state index contributed by atoms with van der Waals surface area (Å²) in [6.07, 6.45) is 0.0862. The lowest BCUT2D eigenvalue weighted by atomic mass is 10.2. The first-order valence-corrected chi connectivity index (χ1v) is 7.61. The van der Waals surface area contributed by atoms with Gasteiger partial charge in [0.15, 0.2) is 0 Å². The van der Waals surface area contributed by atoms with Gasteiger partial charge in [-0.15, -0.1) is 0 Å². The molecule has 0 bridgehead atoms. The fourth-order valence-corrected chi connectivity index (χ4v) is 2.32. The van der Waals surface area contributed by atoms with Gasteiger partial charge in [-0.3, -0.25) is 0 Å². The molecule has 0 radical (unpaired) electrons. The molecule has 0 spiro atoms. The van der Waals surface area contributed by atoms with Crippen LogP contribution in [0.5, 0.6) is 11.5 Å². The van der Waals surface area contributed by atoms with Gasteiger partial charge in [0.25, 0.3) is 0 Å². The van der Waals surface area contributed by atoms with Crippen molar-refractivity contribution in [2.75, 3.05) is 13.2 Å². The number of rotatable bonds is 6. The Morgan fingerprint density at radius 2 is 1.83 bits per heavy atom. The van der Waals surface area contributed by atoms with E-state index < -0.39 is 12.1 Å². The van der Waals surface area contributed by atoms with Gasteiger partial charge < -0.3 is 18.9 Å². The molecule has 0 amide bonds. The van der Waals surface area contributed by atoms with Gasteiger partial charge in [0.1, 0.15) is 30.5 Å². The van der Waals surface area contributed by atoms with Crippen LogP contribution in [0.15, 0.2) is 54.6 Å². The first-order valence-electron chi connectivity index (χ1n) is 7.61. The molecule has 0 aromatic heterocycles. The molecule has 2 aromatic carbocycles. The summed E-state index contributed by atoms with van der Waals surface area (Å²) in [7, 11) is 0. The van der Waals surface area contributed by atoms with E-state index >= 15 is 0 Å². The molecule has 1 heterocycles. The monoisotopic (exact) mass is 318 g/mol. The third-order valence-electron chi connectivity index (χ3n) is 3.65. The van der Waals surface area contributed by atoms with Crippen LogP contribution in [-0.4, -0.2) is 25.3 Å². The quantitative estimate of drug-likeness (QED) is 0.812. The van der Waals surface area contributed by atoms with E-state index in [4.69, 9.17) is 18.9 Å². The van der Waals surface area contributed by atoms with Crippen LogP contribution in [0.4, 0.5) is 4.39 Å². The van der Waals surface area contributed by atoms with Gasteiger partial charge in [-0.2, -0.15) is 0 Å². The maximum Gasteiger partial charge on any atom is 0.226 e. The molecule has 1 aliphatic heterocycles. The molecule has 4 nitrogen and oxygen atoms in total. The zero-order valence-corrected chi connectivity index (χ0v) is 12.9. The standard InChI is InChI=1S/C18H19FO4/c1-2-18(13-20-15-6-4-3-5-7-15)21-12-17(23-18)22-16-10-8-14(19)9-11-16/h3-11,17H,2,12-13H2,1H3. The minimum absolute atomic E-state index is 0.275. The summed E-state index contributed by atoms with van der Waals surface area (Å²) in [5.41, 5.74) is 0. The third kappa shape index (κ3) is 4.00. The second-order valence-corrected chi connectivity index (χ2v) is 5.30. The van der Waals surface area contributed by atoms with E-state index in [0.29, 0.717) is 18.8 Å². The Hall–Kier alpha value is -2.11. The molecular formula is C18H19FO4. The fourth-order valence-electron chi connectivity index (χ4n) is 2.32. The van der Waals surface area contributed by atoms with Crippen molar-refractivity contribution in [3.05, 3.63) is 60.4 Å². The predicted octanol–water partition coefficient (Wildman–Crippen LogP) is 3.76. The van der Waals surface area contributed by atoms with Crippen molar-refractivity contribution in [2.24, 2.45) is 0 Å². The van der Waals surface area contributed by atoms with Gasteiger partial charge in [-0.25, -0.2) is 4.39 Å². The van der Waals surface area contributed by atoms with E-state index in [9.17, 15) is 4.39 Å². The molecule has 1 aliphatic rings. The first-order chi connectivity index (χ1) is 11.2. The van der Waals surface area contributed by atoms with E-state index in [1.165, 1.54) is 12.1 Å². The van der Waals surface area contributed by atoms with E-state index in [1.54, 1.807) is 12.1 Å². The molecule has 1 fully saturated rings. The van der Waals surface area contributed by atoms with Crippen LogP contribution < -0.4 is 9.47 Å². The molecule has 2 aromatic rings. The lowest BCUT2D eigenvalue weighted by Crippen LogP contribution is -2.38. The molecule has 5 heteroatoms. The molecule has 23 heavy (non-hydrogen) atoms. The average molecular weight is 318 g/mol. The summed E-state index contributed by atoms with van der Waals surface area (Å²) in [4.78, 5) is 0. The first kappa shape index (κ1) is 15.8. The van der Waals surface area contributed by atoms with Crippen molar-refractivity contribution in [1.29, 1.82) is 0 Å². The zero-order valence-electron chi connectivity index (χ0n) is 12.9. The normalized spacial score (nSPS) is 23.7. The van der Waals surface area contributed by atoms with Crippen molar-refractivity contribution >= 4 is 0 Å². The molecule has 1 saturated heterocycles. The maximum absolute atomic E-state index is 12.9. The van der Waals surface area contributed by atoms with Crippen molar-refractivity contribution in [1.82, 2.24) is 0 Å². The summed E-state index contributed by atoms with van der Waals surface area (Å²) in [5, 5.41) is 0. The highest BCUT2D eigenvalue weighted by Crippen LogP contribution is 2.29. The summed E-state index contributed by atoms with van der Waals surface area (Å²) < 4.78 is 36.0. The van der Waals surface area contributed by atoms with Crippen LogP contribution in [-0.2, 0) is 9.47 Å². The number of halogens is 1. The van der Waals surface area contributed by atoms with Crippen LogP contribution in [0, 0.1) is 5.82 Å². The van der Waals surface area contributed by atoms with Gasteiger partial charge >= 0.3 is 0 Å². The maximum atomic E-state index is 12.9. The molecule has 2 atom stereocenters. The minimum atomic E-state index is -0.833. The van der Waals surface area contributed by atoms with Crippen molar-refractivity contribution < 1.29 is 23.3 Å². The Kier molecular flexibility index (Phi) is 4.79. The second kappa shape index (κ2) is 6.98. The third-order valence-corrected chi connectivity index (χ3v) is 3.65. The highest BCUT2D eigenvalue weighted by atomic mass is 19.1. The Bertz CT molecular complexity index is 617. The number of para-hydroxylation sites is 1. The van der Waals surface area contributed by atoms with Crippen molar-refractivity contribution in [3.63, 3.8) is 0 Å². The average Bonchev–Trinajstić information content (AvgIpc) is 3.00. The minimum Gasteiger partial charge on any atom is -0.488 e. The van der Waals surface area contributed by atoms with Gasteiger partial charge in [0.2, 0.25) is 12.1 Å². The van der Waals surface area contributed by atoms with Crippen LogP contribution in [0.25, 0.3) is 0 Å². The Balaban J connectivity index is 1.58. The van der Waals surface area contributed by atoms with Gasteiger partial charge in [-0.05, 0) is 36.4 Å². The predicted molar refractivity (Wildman–Crippen MR) is 82.8 cm³/mol. The van der Waals surface area contributed by atoms with E-state index in [0.717, 1.165) is 5.75 Å². The molecule has 122 valence electrons. The number of hydrogen-bond acceptors (Lipinski definition) is 4. The Morgan fingerprint density at radius 1 is 1.09 bits per heavy atom. The van der Waals surface area contributed by atoms with Gasteiger partial charge in [0.05, 0.1) is 0 Å². The molecular weight excluding hydrogens is 299 g/mol. The van der Waals surface area contributed by atoms with Crippen LogP contribution in [0.1, 0.15) is 13.3 Å². The fraction of sp³-hybridized carbons (Fsp3) is 0.333. The highest BCUT2D eigenvalue weighted by Gasteiger charge is 2.42. The summed E-state index contributed by atoms with van der Waals surface area (Å²) in [6.45, 7) is 2.54. The lowest BCUT2D eigenvalue weighted by molar-refractivity contribution is -0.209. The Morgan fingerprint density at radius 3 is 2.52 bits per heavy atom. The van der Waals surface area contributed by atoms with Crippen LogP contribution in [0.2, 0.25) is 0 Å². The molecule has 3 rings (SSSR count). The number of benzene rings is 2.